The molecule has 1 aromatic carbocycles. The van der Waals surface area contributed by atoms with E-state index < -0.39 is 0 Å². The highest BCUT2D eigenvalue weighted by Crippen LogP contribution is 2.22. The van der Waals surface area contributed by atoms with Crippen molar-refractivity contribution in [3.8, 4) is 0 Å². The van der Waals surface area contributed by atoms with Crippen LogP contribution in [-0.2, 0) is 16.6 Å². The maximum atomic E-state index is 12.4. The Bertz CT molecular complexity index is 465. The third-order valence-corrected chi connectivity index (χ3v) is 4.35. The van der Waals surface area contributed by atoms with E-state index in [0.717, 1.165) is 38.3 Å². The Morgan fingerprint density at radius 2 is 1.62 bits per heavy atom. The molecule has 1 saturated heterocycles. The van der Waals surface area contributed by atoms with E-state index in [2.05, 4.69) is 56.9 Å². The van der Waals surface area contributed by atoms with E-state index in [1.165, 1.54) is 5.56 Å². The van der Waals surface area contributed by atoms with Gasteiger partial charge in [-0.25, -0.2) is 0 Å². The monoisotopic (exact) mass is 288 g/mol. The van der Waals surface area contributed by atoms with E-state index in [0.29, 0.717) is 6.42 Å². The van der Waals surface area contributed by atoms with Gasteiger partial charge in [-0.2, -0.15) is 0 Å². The van der Waals surface area contributed by atoms with Crippen molar-refractivity contribution in [2.24, 2.45) is 0 Å². The fourth-order valence-corrected chi connectivity index (χ4v) is 2.72. The van der Waals surface area contributed by atoms with Crippen molar-refractivity contribution in [3.63, 3.8) is 0 Å². The fourth-order valence-electron chi connectivity index (χ4n) is 2.72. The van der Waals surface area contributed by atoms with Gasteiger partial charge in [0.05, 0.1) is 6.42 Å². The molecule has 0 spiro atoms. The van der Waals surface area contributed by atoms with Gasteiger partial charge in [-0.05, 0) is 23.1 Å². The number of hydrogen-bond acceptors (Lipinski definition) is 2. The van der Waals surface area contributed by atoms with Gasteiger partial charge in [0.1, 0.15) is 0 Å². The van der Waals surface area contributed by atoms with E-state index in [1.807, 2.05) is 4.90 Å². The number of nitrogens with zero attached hydrogens (tertiary/aromatic N) is 2. The summed E-state index contributed by atoms with van der Waals surface area (Å²) < 4.78 is 0. The van der Waals surface area contributed by atoms with E-state index in [1.54, 1.807) is 0 Å². The zero-order valence-corrected chi connectivity index (χ0v) is 13.9. The SMILES string of the molecule is CCN1CCN(C(=O)Cc2ccc(C(C)(C)C)cc2)CC1. The molecule has 0 aliphatic carbocycles. The van der Waals surface area contributed by atoms with Crippen LogP contribution < -0.4 is 0 Å². The van der Waals surface area contributed by atoms with Crippen molar-refractivity contribution in [1.82, 2.24) is 9.80 Å². The minimum absolute atomic E-state index is 0.166. The van der Waals surface area contributed by atoms with E-state index >= 15 is 0 Å². The molecule has 21 heavy (non-hydrogen) atoms. The minimum Gasteiger partial charge on any atom is -0.340 e. The summed E-state index contributed by atoms with van der Waals surface area (Å²) in [5.74, 6) is 0.259. The second kappa shape index (κ2) is 6.61. The molecule has 3 heteroatoms. The third-order valence-electron chi connectivity index (χ3n) is 4.35. The summed E-state index contributed by atoms with van der Waals surface area (Å²) in [4.78, 5) is 16.7. The Kier molecular flexibility index (Phi) is 5.04. The first kappa shape index (κ1) is 16.0. The molecule has 0 aromatic heterocycles. The van der Waals surface area contributed by atoms with Crippen LogP contribution in [-0.4, -0.2) is 48.4 Å². The molecular weight excluding hydrogens is 260 g/mol. The first-order valence-corrected chi connectivity index (χ1v) is 7.99. The summed E-state index contributed by atoms with van der Waals surface area (Å²) >= 11 is 0. The summed E-state index contributed by atoms with van der Waals surface area (Å²) in [6.45, 7) is 13.6. The highest BCUT2D eigenvalue weighted by atomic mass is 16.2. The lowest BCUT2D eigenvalue weighted by Crippen LogP contribution is -2.48. The van der Waals surface area contributed by atoms with Gasteiger partial charge < -0.3 is 9.80 Å². The van der Waals surface area contributed by atoms with Gasteiger partial charge in [0.2, 0.25) is 5.91 Å². The number of rotatable bonds is 3. The molecule has 116 valence electrons. The van der Waals surface area contributed by atoms with E-state index in [-0.39, 0.29) is 11.3 Å². The summed E-state index contributed by atoms with van der Waals surface area (Å²) in [6.07, 6.45) is 0.524. The summed E-state index contributed by atoms with van der Waals surface area (Å²) in [5, 5.41) is 0. The largest absolute Gasteiger partial charge is 0.340 e. The van der Waals surface area contributed by atoms with Gasteiger partial charge in [0.25, 0.3) is 0 Å². The minimum atomic E-state index is 0.166. The average molecular weight is 288 g/mol. The number of likely N-dealkylation sites (N-methyl/N-ethyl adjacent to an activating group) is 1. The number of hydrogen-bond donors (Lipinski definition) is 0. The smallest absolute Gasteiger partial charge is 0.227 e. The Labute approximate surface area is 128 Å². The maximum Gasteiger partial charge on any atom is 0.227 e. The molecule has 0 radical (unpaired) electrons. The molecule has 1 amide bonds. The van der Waals surface area contributed by atoms with Gasteiger partial charge in [-0.1, -0.05) is 52.0 Å². The van der Waals surface area contributed by atoms with Crippen molar-refractivity contribution >= 4 is 5.91 Å². The molecule has 1 heterocycles. The van der Waals surface area contributed by atoms with Gasteiger partial charge in [0.15, 0.2) is 0 Å². The highest BCUT2D eigenvalue weighted by molar-refractivity contribution is 5.78. The quantitative estimate of drug-likeness (QED) is 0.854. The maximum absolute atomic E-state index is 12.4. The van der Waals surface area contributed by atoms with E-state index in [4.69, 9.17) is 0 Å². The third kappa shape index (κ3) is 4.31. The van der Waals surface area contributed by atoms with Crippen LogP contribution in [0.2, 0.25) is 0 Å². The molecule has 1 aliphatic rings. The van der Waals surface area contributed by atoms with Crippen molar-refractivity contribution in [2.75, 3.05) is 32.7 Å². The molecule has 0 saturated carbocycles. The van der Waals surface area contributed by atoms with Crippen LogP contribution in [0.4, 0.5) is 0 Å². The number of carbonyl (C=O) groups excluding carboxylic acids is 1. The predicted octanol–water partition coefficient (Wildman–Crippen LogP) is 2.69. The lowest BCUT2D eigenvalue weighted by molar-refractivity contribution is -0.132. The molecule has 2 rings (SSSR count). The van der Waals surface area contributed by atoms with Crippen LogP contribution in [0.1, 0.15) is 38.8 Å². The molecular formula is C18H28N2O. The Morgan fingerprint density at radius 1 is 1.05 bits per heavy atom. The first-order chi connectivity index (χ1) is 9.90. The first-order valence-electron chi connectivity index (χ1n) is 7.99. The van der Waals surface area contributed by atoms with Crippen molar-refractivity contribution in [1.29, 1.82) is 0 Å². The van der Waals surface area contributed by atoms with Crippen molar-refractivity contribution < 1.29 is 4.79 Å². The van der Waals surface area contributed by atoms with Crippen LogP contribution in [0.3, 0.4) is 0 Å². The molecule has 0 bridgehead atoms. The van der Waals surface area contributed by atoms with Crippen molar-refractivity contribution in [2.45, 2.75) is 39.5 Å². The average Bonchev–Trinajstić information content (AvgIpc) is 2.47. The standard InChI is InChI=1S/C18H28N2O/c1-5-19-10-12-20(13-11-19)17(21)14-15-6-8-16(9-7-15)18(2,3)4/h6-9H,5,10-14H2,1-4H3. The Morgan fingerprint density at radius 3 is 2.10 bits per heavy atom. The summed E-state index contributed by atoms with van der Waals surface area (Å²) in [6, 6.07) is 8.50. The zero-order chi connectivity index (χ0) is 15.5. The lowest BCUT2D eigenvalue weighted by Gasteiger charge is -2.34. The van der Waals surface area contributed by atoms with Gasteiger partial charge in [-0.15, -0.1) is 0 Å². The van der Waals surface area contributed by atoms with Crippen LogP contribution in [0.25, 0.3) is 0 Å². The molecule has 1 aliphatic heterocycles. The molecule has 0 atom stereocenters. The predicted molar refractivity (Wildman–Crippen MR) is 87.5 cm³/mol. The van der Waals surface area contributed by atoms with E-state index in [9.17, 15) is 4.79 Å². The highest BCUT2D eigenvalue weighted by Gasteiger charge is 2.20. The lowest BCUT2D eigenvalue weighted by atomic mass is 9.86. The van der Waals surface area contributed by atoms with Gasteiger partial charge >= 0.3 is 0 Å². The number of piperazine rings is 1. The molecule has 0 unspecified atom stereocenters. The normalized spacial score (nSPS) is 17.0. The van der Waals surface area contributed by atoms with Crippen LogP contribution in [0, 0.1) is 0 Å². The van der Waals surface area contributed by atoms with Gasteiger partial charge in [-0.3, -0.25) is 4.79 Å². The number of benzene rings is 1. The zero-order valence-electron chi connectivity index (χ0n) is 13.9. The molecule has 1 fully saturated rings. The van der Waals surface area contributed by atoms with Crippen LogP contribution in [0.15, 0.2) is 24.3 Å². The molecule has 0 N–H and O–H groups in total. The fraction of sp³-hybridized carbons (Fsp3) is 0.611. The van der Waals surface area contributed by atoms with Crippen LogP contribution in [0.5, 0.6) is 0 Å². The Hall–Kier alpha value is -1.35. The Balaban J connectivity index is 1.91. The summed E-state index contributed by atoms with van der Waals surface area (Å²) in [7, 11) is 0. The second-order valence-corrected chi connectivity index (χ2v) is 6.94. The molecule has 1 aromatic rings. The van der Waals surface area contributed by atoms with Gasteiger partial charge in [0, 0.05) is 26.2 Å². The number of carbonyl (C=O) groups is 1. The van der Waals surface area contributed by atoms with Crippen LogP contribution >= 0.6 is 0 Å². The summed E-state index contributed by atoms with van der Waals surface area (Å²) in [5.41, 5.74) is 2.60. The second-order valence-electron chi connectivity index (χ2n) is 6.94. The molecule has 3 nitrogen and oxygen atoms in total. The number of amides is 1. The topological polar surface area (TPSA) is 23.6 Å². The van der Waals surface area contributed by atoms with Crippen molar-refractivity contribution in [3.05, 3.63) is 35.4 Å².